The van der Waals surface area contributed by atoms with Crippen molar-refractivity contribution in [3.63, 3.8) is 0 Å². The maximum atomic E-state index is 14.6. The van der Waals surface area contributed by atoms with Crippen LogP contribution in [-0.4, -0.2) is 25.9 Å². The summed E-state index contributed by atoms with van der Waals surface area (Å²) in [5, 5.41) is 0. The van der Waals surface area contributed by atoms with Gasteiger partial charge in [0.25, 0.3) is 0 Å². The Kier molecular flexibility index (Phi) is 7.31. The molecule has 3 nitrogen and oxygen atoms in total. The van der Waals surface area contributed by atoms with Crippen LogP contribution in [0.5, 0.6) is 5.75 Å². The minimum Gasteiger partial charge on any atom is -0.406 e. The summed E-state index contributed by atoms with van der Waals surface area (Å²) in [5.74, 6) is -1.66. The largest absolute Gasteiger partial charge is 0.573 e. The van der Waals surface area contributed by atoms with E-state index in [1.165, 1.54) is 24.3 Å². The molecule has 0 radical (unpaired) electrons. The second-order valence-electron chi connectivity index (χ2n) is 7.30. The van der Waals surface area contributed by atoms with Crippen LogP contribution in [0, 0.1) is 17.6 Å². The molecule has 164 valence electrons. The molecule has 0 bridgehead atoms. The fourth-order valence-electron chi connectivity index (χ4n) is 3.48. The topological polar surface area (TPSA) is 27.7 Å². The highest BCUT2D eigenvalue weighted by Gasteiger charge is 2.31. The Morgan fingerprint density at radius 1 is 0.967 bits per heavy atom. The van der Waals surface area contributed by atoms with Crippen LogP contribution in [0.1, 0.15) is 31.7 Å². The van der Waals surface area contributed by atoms with E-state index < -0.39 is 30.0 Å². The van der Waals surface area contributed by atoms with Gasteiger partial charge < -0.3 is 14.2 Å². The van der Waals surface area contributed by atoms with Crippen molar-refractivity contribution in [1.82, 2.24) is 0 Å². The zero-order chi connectivity index (χ0) is 21.7. The minimum absolute atomic E-state index is 0.118. The van der Waals surface area contributed by atoms with E-state index >= 15 is 0 Å². The number of rotatable bonds is 7. The Hall–Kier alpha value is -2.19. The van der Waals surface area contributed by atoms with Crippen molar-refractivity contribution in [1.29, 1.82) is 0 Å². The number of alkyl halides is 3. The predicted molar refractivity (Wildman–Crippen MR) is 101 cm³/mol. The van der Waals surface area contributed by atoms with Crippen molar-refractivity contribution in [2.75, 3.05) is 13.2 Å². The summed E-state index contributed by atoms with van der Waals surface area (Å²) < 4.78 is 80.9. The highest BCUT2D eigenvalue weighted by atomic mass is 19.4. The molecular formula is C22H23F5O3. The smallest absolute Gasteiger partial charge is 0.406 e. The fourth-order valence-corrected chi connectivity index (χ4v) is 3.48. The van der Waals surface area contributed by atoms with Gasteiger partial charge in [0.15, 0.2) is 6.29 Å². The summed E-state index contributed by atoms with van der Waals surface area (Å²) in [6.45, 7) is 3.34. The first-order valence-electron chi connectivity index (χ1n) is 9.82. The lowest BCUT2D eigenvalue weighted by Gasteiger charge is -2.29. The number of hydrogen-bond donors (Lipinski definition) is 0. The van der Waals surface area contributed by atoms with Crippen molar-refractivity contribution in [2.24, 2.45) is 5.92 Å². The molecule has 0 amide bonds. The third kappa shape index (κ3) is 6.15. The van der Waals surface area contributed by atoms with Crippen LogP contribution in [0.25, 0.3) is 11.1 Å². The zero-order valence-corrected chi connectivity index (χ0v) is 16.5. The number of aryl methyl sites for hydroxylation is 1. The molecule has 0 saturated carbocycles. The molecule has 2 aromatic rings. The van der Waals surface area contributed by atoms with Gasteiger partial charge in [-0.2, -0.15) is 0 Å². The van der Waals surface area contributed by atoms with Crippen LogP contribution in [0.15, 0.2) is 36.4 Å². The van der Waals surface area contributed by atoms with E-state index in [-0.39, 0.29) is 11.1 Å². The molecule has 30 heavy (non-hydrogen) atoms. The molecule has 0 N–H and O–H groups in total. The van der Waals surface area contributed by atoms with Crippen LogP contribution < -0.4 is 4.74 Å². The van der Waals surface area contributed by atoms with Gasteiger partial charge in [-0.1, -0.05) is 25.5 Å². The molecule has 1 heterocycles. The molecule has 0 spiro atoms. The Balaban J connectivity index is 1.63. The Morgan fingerprint density at radius 3 is 2.10 bits per heavy atom. The first-order chi connectivity index (χ1) is 14.2. The highest BCUT2D eigenvalue weighted by Crippen LogP contribution is 2.31. The third-order valence-corrected chi connectivity index (χ3v) is 4.88. The maximum absolute atomic E-state index is 14.6. The molecule has 1 saturated heterocycles. The van der Waals surface area contributed by atoms with E-state index in [1.807, 2.05) is 0 Å². The molecule has 8 heteroatoms. The van der Waals surface area contributed by atoms with Crippen molar-refractivity contribution >= 4 is 0 Å². The van der Waals surface area contributed by atoms with Crippen molar-refractivity contribution < 1.29 is 36.2 Å². The van der Waals surface area contributed by atoms with Gasteiger partial charge in [0, 0.05) is 12.3 Å². The van der Waals surface area contributed by atoms with Crippen molar-refractivity contribution in [3.05, 3.63) is 53.6 Å². The van der Waals surface area contributed by atoms with E-state index in [0.29, 0.717) is 37.5 Å². The van der Waals surface area contributed by atoms with Crippen LogP contribution >= 0.6 is 0 Å². The average Bonchev–Trinajstić information content (AvgIpc) is 2.67. The molecule has 0 aromatic heterocycles. The fraction of sp³-hybridized carbons (Fsp3) is 0.455. The second-order valence-corrected chi connectivity index (χ2v) is 7.30. The summed E-state index contributed by atoms with van der Waals surface area (Å²) in [7, 11) is 0. The molecule has 0 atom stereocenters. The lowest BCUT2D eigenvalue weighted by atomic mass is 10.00. The predicted octanol–water partition coefficient (Wildman–Crippen LogP) is 6.25. The van der Waals surface area contributed by atoms with E-state index in [4.69, 9.17) is 9.47 Å². The third-order valence-electron chi connectivity index (χ3n) is 4.88. The van der Waals surface area contributed by atoms with Gasteiger partial charge >= 0.3 is 6.36 Å². The number of benzene rings is 2. The SMILES string of the molecule is CCCC1COC(CCc2cc(F)c(-c3ccc(OC(F)(F)F)cc3)c(F)c2)OC1. The van der Waals surface area contributed by atoms with Gasteiger partial charge in [0.05, 0.1) is 18.8 Å². The lowest BCUT2D eigenvalue weighted by molar-refractivity contribution is -0.274. The lowest BCUT2D eigenvalue weighted by Crippen LogP contribution is -2.32. The summed E-state index contributed by atoms with van der Waals surface area (Å²) in [4.78, 5) is 0. The van der Waals surface area contributed by atoms with Gasteiger partial charge in [-0.25, -0.2) is 8.78 Å². The monoisotopic (exact) mass is 430 g/mol. The van der Waals surface area contributed by atoms with Crippen LogP contribution in [-0.2, 0) is 15.9 Å². The summed E-state index contributed by atoms with van der Waals surface area (Å²) in [6, 6.07) is 6.83. The summed E-state index contributed by atoms with van der Waals surface area (Å²) in [5.41, 5.74) is 0.269. The Labute approximate surface area is 171 Å². The van der Waals surface area contributed by atoms with Gasteiger partial charge in [0.1, 0.15) is 17.4 Å². The molecule has 2 aromatic carbocycles. The number of hydrogen-bond acceptors (Lipinski definition) is 3. The van der Waals surface area contributed by atoms with Gasteiger partial charge in [-0.15, -0.1) is 13.2 Å². The normalized spacial score (nSPS) is 19.7. The molecule has 1 fully saturated rings. The molecule has 1 aliphatic rings. The van der Waals surface area contributed by atoms with Gasteiger partial charge in [-0.3, -0.25) is 0 Å². The number of halogens is 5. The molecular weight excluding hydrogens is 407 g/mol. The standard InChI is InChI=1S/C22H23F5O3/c1-2-3-15-12-28-20(29-13-15)9-4-14-10-18(23)21(19(24)11-14)16-5-7-17(8-6-16)30-22(25,26)27/h5-8,10-11,15,20H,2-4,9,12-13H2,1H3. The molecule has 1 aliphatic heterocycles. The molecule has 0 unspecified atom stereocenters. The molecule has 0 aliphatic carbocycles. The highest BCUT2D eigenvalue weighted by molar-refractivity contribution is 5.66. The van der Waals surface area contributed by atoms with Crippen LogP contribution in [0.3, 0.4) is 0 Å². The molecule has 3 rings (SSSR count). The van der Waals surface area contributed by atoms with Gasteiger partial charge in [-0.05, 0) is 48.2 Å². The van der Waals surface area contributed by atoms with Crippen molar-refractivity contribution in [2.45, 2.75) is 45.3 Å². The first-order valence-corrected chi connectivity index (χ1v) is 9.82. The van der Waals surface area contributed by atoms with E-state index in [9.17, 15) is 22.0 Å². The van der Waals surface area contributed by atoms with Crippen molar-refractivity contribution in [3.8, 4) is 16.9 Å². The summed E-state index contributed by atoms with van der Waals surface area (Å²) >= 11 is 0. The second kappa shape index (κ2) is 9.75. The average molecular weight is 430 g/mol. The Morgan fingerprint density at radius 2 is 1.57 bits per heavy atom. The quantitative estimate of drug-likeness (QED) is 0.486. The van der Waals surface area contributed by atoms with E-state index in [0.717, 1.165) is 25.0 Å². The Bertz CT molecular complexity index is 805. The first kappa shape index (κ1) is 22.5. The van der Waals surface area contributed by atoms with E-state index in [2.05, 4.69) is 11.7 Å². The summed E-state index contributed by atoms with van der Waals surface area (Å²) in [6.07, 6.45) is -2.29. The number of ether oxygens (including phenoxy) is 3. The van der Waals surface area contributed by atoms with E-state index in [1.54, 1.807) is 0 Å². The van der Waals surface area contributed by atoms with Gasteiger partial charge in [0.2, 0.25) is 0 Å². The zero-order valence-electron chi connectivity index (χ0n) is 16.5. The van der Waals surface area contributed by atoms with Crippen LogP contribution in [0.4, 0.5) is 22.0 Å². The van der Waals surface area contributed by atoms with Crippen LogP contribution in [0.2, 0.25) is 0 Å². The maximum Gasteiger partial charge on any atom is 0.573 e. The minimum atomic E-state index is -4.83.